The number of hydrogen-bond acceptors (Lipinski definition) is 5. The predicted molar refractivity (Wildman–Crippen MR) is 75.7 cm³/mol. The van der Waals surface area contributed by atoms with E-state index in [-0.39, 0.29) is 31.0 Å². The number of hydroxylamine groups is 1. The highest BCUT2D eigenvalue weighted by Gasteiger charge is 2.52. The lowest BCUT2D eigenvalue weighted by Gasteiger charge is -2.34. The summed E-state index contributed by atoms with van der Waals surface area (Å²) in [5.74, 6) is -0.892. The van der Waals surface area contributed by atoms with Crippen molar-refractivity contribution in [1.29, 1.82) is 0 Å². The Morgan fingerprint density at radius 1 is 1.33 bits per heavy atom. The number of carbonyl (C=O) groups excluding carboxylic acids is 1. The summed E-state index contributed by atoms with van der Waals surface area (Å²) in [6, 6.07) is 6.64. The van der Waals surface area contributed by atoms with Crippen LogP contribution in [0.3, 0.4) is 0 Å². The molecule has 0 unspecified atom stereocenters. The summed E-state index contributed by atoms with van der Waals surface area (Å²) >= 11 is 0. The lowest BCUT2D eigenvalue weighted by Crippen LogP contribution is -2.55. The van der Waals surface area contributed by atoms with Crippen molar-refractivity contribution in [2.24, 2.45) is 0 Å². The first-order chi connectivity index (χ1) is 9.99. The van der Waals surface area contributed by atoms with Crippen molar-refractivity contribution in [2.45, 2.75) is 35.8 Å². The molecule has 1 aliphatic heterocycles. The number of rotatable bonds is 4. The molecule has 0 spiro atoms. The zero-order chi connectivity index (χ0) is 15.5. The maximum Gasteiger partial charge on any atom is 0.265 e. The molecule has 1 fully saturated rings. The topological polar surface area (TPSA) is 92.7 Å². The SMILES string of the molecule is CCc1ccccc1S(=O)(=O)C1(C(=O)NO)CCOCC1. The minimum atomic E-state index is -3.93. The zero-order valence-electron chi connectivity index (χ0n) is 11.8. The number of hydrogen-bond donors (Lipinski definition) is 2. The van der Waals surface area contributed by atoms with Gasteiger partial charge in [-0.25, -0.2) is 13.9 Å². The lowest BCUT2D eigenvalue weighted by molar-refractivity contribution is -0.134. The molecular formula is C14H19NO5S. The molecule has 2 N–H and O–H groups in total. The Hall–Kier alpha value is -1.44. The van der Waals surface area contributed by atoms with Crippen LogP contribution in [-0.4, -0.2) is 37.5 Å². The standard InChI is InChI=1S/C14H19NO5S/c1-2-11-5-3-4-6-12(11)21(18,19)14(13(16)15-17)7-9-20-10-8-14/h3-6,17H,2,7-10H2,1H3,(H,15,16). The van der Waals surface area contributed by atoms with Crippen LogP contribution in [0.1, 0.15) is 25.3 Å². The van der Waals surface area contributed by atoms with Gasteiger partial charge in [0.25, 0.3) is 5.91 Å². The average Bonchev–Trinajstić information content (AvgIpc) is 2.54. The van der Waals surface area contributed by atoms with E-state index in [1.807, 2.05) is 6.92 Å². The quantitative estimate of drug-likeness (QED) is 0.641. The summed E-state index contributed by atoms with van der Waals surface area (Å²) in [7, 11) is -3.93. The van der Waals surface area contributed by atoms with Crippen molar-refractivity contribution in [3.8, 4) is 0 Å². The number of ether oxygens (including phenoxy) is 1. The fourth-order valence-electron chi connectivity index (χ4n) is 2.69. The van der Waals surface area contributed by atoms with E-state index in [1.165, 1.54) is 11.5 Å². The van der Waals surface area contributed by atoms with E-state index in [2.05, 4.69) is 0 Å². The Balaban J connectivity index is 2.60. The molecule has 116 valence electrons. The van der Waals surface area contributed by atoms with E-state index in [4.69, 9.17) is 9.94 Å². The molecule has 1 aromatic carbocycles. The van der Waals surface area contributed by atoms with Gasteiger partial charge in [-0.3, -0.25) is 10.0 Å². The largest absolute Gasteiger partial charge is 0.381 e. The van der Waals surface area contributed by atoms with Crippen molar-refractivity contribution in [1.82, 2.24) is 5.48 Å². The Bertz CT molecular complexity index is 620. The first-order valence-electron chi connectivity index (χ1n) is 6.84. The van der Waals surface area contributed by atoms with Gasteiger partial charge in [-0.05, 0) is 30.9 Å². The number of aryl methyl sites for hydroxylation is 1. The molecule has 1 amide bonds. The van der Waals surface area contributed by atoms with Gasteiger partial charge in [0.2, 0.25) is 0 Å². The van der Waals surface area contributed by atoms with E-state index in [0.717, 1.165) is 0 Å². The molecule has 21 heavy (non-hydrogen) atoms. The van der Waals surface area contributed by atoms with Gasteiger partial charge in [-0.15, -0.1) is 0 Å². The minimum Gasteiger partial charge on any atom is -0.381 e. The second-order valence-electron chi connectivity index (χ2n) is 5.01. The number of amides is 1. The van der Waals surface area contributed by atoms with E-state index < -0.39 is 20.5 Å². The number of carbonyl (C=O) groups is 1. The highest BCUT2D eigenvalue weighted by atomic mass is 32.2. The van der Waals surface area contributed by atoms with Gasteiger partial charge in [0.15, 0.2) is 14.6 Å². The van der Waals surface area contributed by atoms with Crippen molar-refractivity contribution < 1.29 is 23.2 Å². The molecular weight excluding hydrogens is 294 g/mol. The monoisotopic (exact) mass is 313 g/mol. The first kappa shape index (κ1) is 15.9. The molecule has 1 heterocycles. The third-order valence-corrected chi connectivity index (χ3v) is 6.57. The molecule has 1 aromatic rings. The van der Waals surface area contributed by atoms with Gasteiger partial charge in [0, 0.05) is 13.2 Å². The average molecular weight is 313 g/mol. The maximum absolute atomic E-state index is 13.1. The smallest absolute Gasteiger partial charge is 0.265 e. The predicted octanol–water partition coefficient (Wildman–Crippen LogP) is 1.08. The fourth-order valence-corrected chi connectivity index (χ4v) is 4.92. The highest BCUT2D eigenvalue weighted by molar-refractivity contribution is 7.93. The molecule has 6 nitrogen and oxygen atoms in total. The lowest BCUT2D eigenvalue weighted by atomic mass is 9.98. The molecule has 0 atom stereocenters. The van der Waals surface area contributed by atoms with Gasteiger partial charge in [0.05, 0.1) is 4.90 Å². The van der Waals surface area contributed by atoms with Crippen LogP contribution in [0.25, 0.3) is 0 Å². The molecule has 1 saturated heterocycles. The molecule has 0 aromatic heterocycles. The summed E-state index contributed by atoms with van der Waals surface area (Å²) < 4.78 is 29.6. The Labute approximate surface area is 124 Å². The van der Waals surface area contributed by atoms with Crippen LogP contribution >= 0.6 is 0 Å². The van der Waals surface area contributed by atoms with Crippen LogP contribution in [0.4, 0.5) is 0 Å². The van der Waals surface area contributed by atoms with Crippen molar-refractivity contribution in [3.63, 3.8) is 0 Å². The maximum atomic E-state index is 13.1. The summed E-state index contributed by atoms with van der Waals surface area (Å²) in [6.45, 7) is 2.19. The van der Waals surface area contributed by atoms with E-state index in [9.17, 15) is 13.2 Å². The van der Waals surface area contributed by atoms with Crippen LogP contribution < -0.4 is 5.48 Å². The molecule has 0 saturated carbocycles. The molecule has 2 rings (SSSR count). The highest BCUT2D eigenvalue weighted by Crippen LogP contribution is 2.36. The van der Waals surface area contributed by atoms with Gasteiger partial charge in [0.1, 0.15) is 0 Å². The van der Waals surface area contributed by atoms with Gasteiger partial charge in [-0.2, -0.15) is 0 Å². The molecule has 0 aliphatic carbocycles. The van der Waals surface area contributed by atoms with Crippen LogP contribution in [0.5, 0.6) is 0 Å². The van der Waals surface area contributed by atoms with Crippen LogP contribution in [-0.2, 0) is 25.8 Å². The van der Waals surface area contributed by atoms with E-state index >= 15 is 0 Å². The molecule has 0 radical (unpaired) electrons. The Kier molecular flexibility index (Phi) is 4.65. The molecule has 0 bridgehead atoms. The summed E-state index contributed by atoms with van der Waals surface area (Å²) in [5, 5.41) is 8.98. The van der Waals surface area contributed by atoms with Crippen LogP contribution in [0, 0.1) is 0 Å². The van der Waals surface area contributed by atoms with Gasteiger partial charge in [-0.1, -0.05) is 25.1 Å². The summed E-state index contributed by atoms with van der Waals surface area (Å²) in [6.07, 6.45) is 0.599. The van der Waals surface area contributed by atoms with Gasteiger partial charge < -0.3 is 4.74 Å². The second kappa shape index (κ2) is 6.13. The molecule has 1 aliphatic rings. The number of benzene rings is 1. The van der Waals surface area contributed by atoms with Crippen molar-refractivity contribution >= 4 is 15.7 Å². The summed E-state index contributed by atoms with van der Waals surface area (Å²) in [5.41, 5.74) is 2.18. The third kappa shape index (κ3) is 2.56. The van der Waals surface area contributed by atoms with Crippen molar-refractivity contribution in [2.75, 3.05) is 13.2 Å². The summed E-state index contributed by atoms with van der Waals surface area (Å²) in [4.78, 5) is 12.3. The van der Waals surface area contributed by atoms with Gasteiger partial charge >= 0.3 is 0 Å². The van der Waals surface area contributed by atoms with Crippen molar-refractivity contribution in [3.05, 3.63) is 29.8 Å². The third-order valence-electron chi connectivity index (χ3n) is 3.97. The van der Waals surface area contributed by atoms with Crippen LogP contribution in [0.15, 0.2) is 29.2 Å². The minimum absolute atomic E-state index is 0.0276. The Morgan fingerprint density at radius 3 is 2.52 bits per heavy atom. The zero-order valence-corrected chi connectivity index (χ0v) is 12.6. The fraction of sp³-hybridized carbons (Fsp3) is 0.500. The molecule has 7 heteroatoms. The van der Waals surface area contributed by atoms with E-state index in [0.29, 0.717) is 12.0 Å². The second-order valence-corrected chi connectivity index (χ2v) is 7.24. The van der Waals surface area contributed by atoms with Crippen LogP contribution in [0.2, 0.25) is 0 Å². The normalized spacial score (nSPS) is 18.2. The first-order valence-corrected chi connectivity index (χ1v) is 8.32. The van der Waals surface area contributed by atoms with E-state index in [1.54, 1.807) is 18.2 Å². The Morgan fingerprint density at radius 2 is 1.95 bits per heavy atom. The number of nitrogens with one attached hydrogen (secondary N) is 1. The number of sulfone groups is 1.